The zero-order valence-corrected chi connectivity index (χ0v) is 40.6. The van der Waals surface area contributed by atoms with Gasteiger partial charge in [-0.25, -0.2) is 4.79 Å². The monoisotopic (exact) mass is 955 g/mol. The summed E-state index contributed by atoms with van der Waals surface area (Å²) >= 11 is 0. The Morgan fingerprint density at radius 3 is 2.03 bits per heavy atom. The van der Waals surface area contributed by atoms with Gasteiger partial charge in [-0.1, -0.05) is 60.1 Å². The number of rotatable bonds is 9. The van der Waals surface area contributed by atoms with Crippen molar-refractivity contribution in [2.75, 3.05) is 27.4 Å². The minimum absolute atomic E-state index is 0.0702. The number of hydrogen-bond acceptors (Lipinski definition) is 18. The van der Waals surface area contributed by atoms with Crippen molar-refractivity contribution in [3.8, 4) is 0 Å². The van der Waals surface area contributed by atoms with Gasteiger partial charge in [0.1, 0.15) is 61.0 Å². The minimum atomic E-state index is -1.93. The van der Waals surface area contributed by atoms with Crippen molar-refractivity contribution in [3.63, 3.8) is 0 Å². The number of aliphatic hydroxyl groups is 8. The Morgan fingerprint density at radius 1 is 0.687 bits per heavy atom. The molecule has 0 aromatic carbocycles. The Hall–Kier alpha value is -1.88. The first-order valence-electron chi connectivity index (χ1n) is 24.5. The molecule has 382 valence electrons. The molecule has 0 spiro atoms. The summed E-state index contributed by atoms with van der Waals surface area (Å²) in [6, 6.07) is 0. The van der Waals surface area contributed by atoms with Crippen molar-refractivity contribution >= 4 is 11.9 Å². The van der Waals surface area contributed by atoms with Gasteiger partial charge in [0.25, 0.3) is 0 Å². The predicted molar refractivity (Wildman–Crippen MR) is 234 cm³/mol. The molecule has 0 unspecified atom stereocenters. The van der Waals surface area contributed by atoms with E-state index in [1.54, 1.807) is 0 Å². The topological polar surface area (TPSA) is 270 Å². The molecule has 8 aliphatic rings. The number of fused-ring (bicyclic) bond motifs is 7. The second-order valence-corrected chi connectivity index (χ2v) is 23.4. The molecule has 0 aromatic heterocycles. The lowest BCUT2D eigenvalue weighted by molar-refractivity contribution is -0.391. The molecule has 0 aromatic rings. The maximum Gasteiger partial charge on any atom is 0.337 e. The van der Waals surface area contributed by atoms with Gasteiger partial charge < -0.3 is 78.7 Å². The molecular weight excluding hydrogens is 877 g/mol. The van der Waals surface area contributed by atoms with Gasteiger partial charge in [-0.05, 0) is 109 Å². The van der Waals surface area contributed by atoms with E-state index in [0.29, 0.717) is 12.3 Å². The van der Waals surface area contributed by atoms with Crippen LogP contribution in [-0.2, 0) is 47.5 Å². The molecule has 7 fully saturated rings. The zero-order valence-electron chi connectivity index (χ0n) is 40.6. The fourth-order valence-electron chi connectivity index (χ4n) is 15.1. The molecule has 5 aliphatic carbocycles. The summed E-state index contributed by atoms with van der Waals surface area (Å²) in [6.45, 7) is 15.1. The number of carbonyl (C=O) groups is 2. The lowest BCUT2D eigenvalue weighted by Crippen LogP contribution is -2.68. The molecule has 67 heavy (non-hydrogen) atoms. The van der Waals surface area contributed by atoms with Crippen LogP contribution in [0.3, 0.4) is 0 Å². The molecule has 0 bridgehead atoms. The summed E-state index contributed by atoms with van der Waals surface area (Å²) in [5.74, 6) is -0.525. The maximum absolute atomic E-state index is 13.8. The molecule has 8 rings (SSSR count). The second kappa shape index (κ2) is 18.3. The van der Waals surface area contributed by atoms with Gasteiger partial charge in [-0.15, -0.1) is 0 Å². The summed E-state index contributed by atoms with van der Waals surface area (Å²) in [5, 5.41) is 85.9. The molecule has 3 saturated heterocycles. The van der Waals surface area contributed by atoms with Crippen LogP contribution in [0.1, 0.15) is 113 Å². The quantitative estimate of drug-likeness (QED) is 0.0927. The summed E-state index contributed by atoms with van der Waals surface area (Å²) in [5.41, 5.74) is 0.135. The third-order valence-electron chi connectivity index (χ3n) is 19.3. The summed E-state index contributed by atoms with van der Waals surface area (Å²) in [6.07, 6.45) is -13.5. The molecular formula is C49H78O18. The Bertz CT molecular complexity index is 1860. The van der Waals surface area contributed by atoms with Crippen LogP contribution in [0.2, 0.25) is 0 Å². The van der Waals surface area contributed by atoms with E-state index in [2.05, 4.69) is 54.5 Å². The second-order valence-electron chi connectivity index (χ2n) is 23.4. The third kappa shape index (κ3) is 8.16. The first-order chi connectivity index (χ1) is 31.4. The largest absolute Gasteiger partial charge is 0.469 e. The van der Waals surface area contributed by atoms with E-state index in [-0.39, 0.29) is 39.5 Å². The van der Waals surface area contributed by atoms with Gasteiger partial charge in [-0.2, -0.15) is 0 Å². The average molecular weight is 955 g/mol. The Labute approximate surface area is 393 Å². The average Bonchev–Trinajstić information content (AvgIpc) is 3.28. The van der Waals surface area contributed by atoms with Gasteiger partial charge in [0.15, 0.2) is 25.0 Å². The molecule has 18 nitrogen and oxygen atoms in total. The van der Waals surface area contributed by atoms with E-state index in [0.717, 1.165) is 64.9 Å². The summed E-state index contributed by atoms with van der Waals surface area (Å²) < 4.78 is 47.6. The highest BCUT2D eigenvalue weighted by molar-refractivity contribution is 5.78. The third-order valence-corrected chi connectivity index (χ3v) is 19.3. The van der Waals surface area contributed by atoms with Crippen LogP contribution >= 0.6 is 0 Å². The first-order valence-corrected chi connectivity index (χ1v) is 24.5. The number of ether oxygens (including phenoxy) is 8. The number of methoxy groups -OCH3 is 2. The van der Waals surface area contributed by atoms with Gasteiger partial charge >= 0.3 is 11.9 Å². The fourth-order valence-corrected chi connectivity index (χ4v) is 15.1. The van der Waals surface area contributed by atoms with Crippen LogP contribution in [0, 0.1) is 50.2 Å². The lowest BCUT2D eigenvalue weighted by Gasteiger charge is -2.71. The van der Waals surface area contributed by atoms with E-state index in [9.17, 15) is 50.4 Å². The molecule has 0 amide bonds. The van der Waals surface area contributed by atoms with E-state index in [1.165, 1.54) is 12.7 Å². The molecule has 8 N–H and O–H groups in total. The highest BCUT2D eigenvalue weighted by Gasteiger charge is 2.70. The normalized spacial score (nSPS) is 51.4. The van der Waals surface area contributed by atoms with E-state index < -0.39 is 122 Å². The number of aliphatic hydroxyl groups excluding tert-OH is 8. The van der Waals surface area contributed by atoms with Gasteiger partial charge in [-0.3, -0.25) is 4.79 Å². The summed E-state index contributed by atoms with van der Waals surface area (Å²) in [7, 11) is 2.63. The van der Waals surface area contributed by atoms with E-state index in [4.69, 9.17) is 37.9 Å². The highest BCUT2D eigenvalue weighted by atomic mass is 16.8. The molecule has 4 saturated carbocycles. The molecule has 18 heteroatoms. The van der Waals surface area contributed by atoms with Crippen molar-refractivity contribution < 1.29 is 88.3 Å². The van der Waals surface area contributed by atoms with Crippen molar-refractivity contribution in [2.24, 2.45) is 50.2 Å². The smallest absolute Gasteiger partial charge is 0.337 e. The van der Waals surface area contributed by atoms with Crippen LogP contribution < -0.4 is 0 Å². The van der Waals surface area contributed by atoms with Crippen molar-refractivity contribution in [2.45, 2.75) is 205 Å². The van der Waals surface area contributed by atoms with Crippen molar-refractivity contribution in [1.82, 2.24) is 0 Å². The number of carbonyl (C=O) groups excluding carboxylic acids is 2. The van der Waals surface area contributed by atoms with Crippen molar-refractivity contribution in [3.05, 3.63) is 11.6 Å². The number of esters is 2. The zero-order chi connectivity index (χ0) is 49.0. The molecule has 3 heterocycles. The van der Waals surface area contributed by atoms with Crippen LogP contribution in [-0.4, -0.2) is 172 Å². The highest BCUT2D eigenvalue weighted by Crippen LogP contribution is 2.76. The molecule has 3 aliphatic heterocycles. The van der Waals surface area contributed by atoms with E-state index >= 15 is 0 Å². The Morgan fingerprint density at radius 2 is 1.36 bits per heavy atom. The first kappa shape index (κ1) is 51.5. The molecule has 0 radical (unpaired) electrons. The van der Waals surface area contributed by atoms with Crippen LogP contribution in [0.25, 0.3) is 0 Å². The summed E-state index contributed by atoms with van der Waals surface area (Å²) in [4.78, 5) is 27.1. The van der Waals surface area contributed by atoms with Gasteiger partial charge in [0, 0.05) is 0 Å². The van der Waals surface area contributed by atoms with Gasteiger partial charge in [0.2, 0.25) is 0 Å². The van der Waals surface area contributed by atoms with Crippen LogP contribution in [0.15, 0.2) is 11.6 Å². The lowest BCUT2D eigenvalue weighted by atomic mass is 9.33. The molecule has 22 atom stereocenters. The number of hydrogen-bond donors (Lipinski definition) is 8. The Balaban J connectivity index is 1.11. The van der Waals surface area contributed by atoms with Crippen LogP contribution in [0.5, 0.6) is 0 Å². The predicted octanol–water partition coefficient (Wildman–Crippen LogP) is 1.61. The maximum atomic E-state index is 13.8. The Kier molecular flexibility index (Phi) is 14.1. The minimum Gasteiger partial charge on any atom is -0.469 e. The van der Waals surface area contributed by atoms with Gasteiger partial charge in [0.05, 0.1) is 39.0 Å². The standard InChI is InChI=1S/C49H78O18/c1-44(2)16-18-49(43(59)61-9)19-17-47(6)23(24(49)20-44)10-11-28-46(5)14-13-29(45(3,4)27(46)12-15-48(28,47)7)64-42-38(67-40-33(55)30(52)25(51)22-62-40)36(35(57)37(66-42)39(58)60-8)65-41-34(56)32(54)31(53)26(21-50)63-41/h10,24-38,40-42,50-57H,11-22H2,1-9H3/t24-,25+,26+,27-,28+,29-,30-,31-,32-,33+,34+,35-,36-,37-,38+,40-,41-,42+,46-,47+,48+,49-/m0/s1. The van der Waals surface area contributed by atoms with E-state index in [1.807, 2.05) is 0 Å². The van der Waals surface area contributed by atoms with Crippen molar-refractivity contribution in [1.29, 1.82) is 0 Å². The fraction of sp³-hybridized carbons (Fsp3) is 0.918. The van der Waals surface area contributed by atoms with Crippen LogP contribution in [0.4, 0.5) is 0 Å². The SMILES string of the molecule is COC(=O)[C@H]1O[C@@H](O[C@H]2CC[C@]3(C)[C@H]4CC=C5[C@@H]6CC(C)(C)CC[C@]6(C(=O)OC)CC[C@@]5(C)[C@]4(C)CC[C@H]3C2(C)C)[C@H](O[C@@H]2OC[C@@H](O)[C@H](O)[C@H]2O)[C@@H](O[C@@H]2O[C@H](CO)[C@H](O)[C@H](O)[C@H]2O)[C@@H]1O. The number of allylic oxidation sites excluding steroid dienone is 2.